The molecule has 0 atom stereocenters. The average Bonchev–Trinajstić information content (AvgIpc) is 3.03. The molecule has 152 valence electrons. The zero-order chi connectivity index (χ0) is 20.1. The first-order chi connectivity index (χ1) is 13.4. The van der Waals surface area contributed by atoms with Crippen LogP contribution >= 0.6 is 0 Å². The molecule has 9 nitrogen and oxygen atoms in total. The minimum Gasteiger partial charge on any atom is -0.497 e. The molecule has 1 aliphatic heterocycles. The highest BCUT2D eigenvalue weighted by Crippen LogP contribution is 2.33. The van der Waals surface area contributed by atoms with Crippen LogP contribution in [0.3, 0.4) is 0 Å². The van der Waals surface area contributed by atoms with Gasteiger partial charge in [-0.1, -0.05) is 17.9 Å². The Hall–Kier alpha value is -2.62. The summed E-state index contributed by atoms with van der Waals surface area (Å²) in [7, 11) is -1.07. The van der Waals surface area contributed by atoms with Crippen molar-refractivity contribution >= 4 is 15.7 Å². The Morgan fingerprint density at radius 2 is 1.82 bits per heavy atom. The summed E-state index contributed by atoms with van der Waals surface area (Å²) in [5.74, 6) is -0.217. The summed E-state index contributed by atoms with van der Waals surface area (Å²) in [6.07, 6.45) is 3.86. The third kappa shape index (κ3) is 4.44. The van der Waals surface area contributed by atoms with E-state index < -0.39 is 26.7 Å². The molecule has 1 aliphatic rings. The van der Waals surface area contributed by atoms with Gasteiger partial charge in [-0.2, -0.15) is 0 Å². The van der Waals surface area contributed by atoms with Crippen molar-refractivity contribution in [3.63, 3.8) is 0 Å². The highest BCUT2D eigenvalue weighted by atomic mass is 32.2. The maximum atomic E-state index is 12.6. The number of amides is 1. The van der Waals surface area contributed by atoms with E-state index in [0.717, 1.165) is 25.7 Å². The van der Waals surface area contributed by atoms with Crippen LogP contribution < -0.4 is 9.47 Å². The maximum Gasteiger partial charge on any atom is 0.336 e. The fourth-order valence-electron chi connectivity index (χ4n) is 3.06. The summed E-state index contributed by atoms with van der Waals surface area (Å²) < 4.78 is 41.0. The first-order valence-electron chi connectivity index (χ1n) is 9.01. The van der Waals surface area contributed by atoms with Gasteiger partial charge in [-0.25, -0.2) is 8.42 Å². The number of rotatable bonds is 6. The van der Waals surface area contributed by atoms with Gasteiger partial charge in [0.15, 0.2) is 0 Å². The first-order valence-corrected chi connectivity index (χ1v) is 10.7. The highest BCUT2D eigenvalue weighted by molar-refractivity contribution is 7.91. The number of nitrogens with zero attached hydrogens (tertiary/aromatic N) is 3. The van der Waals surface area contributed by atoms with Crippen LogP contribution in [-0.2, 0) is 14.6 Å². The Kier molecular flexibility index (Phi) is 6.18. The second kappa shape index (κ2) is 8.59. The van der Waals surface area contributed by atoms with Gasteiger partial charge >= 0.3 is 5.22 Å². The maximum absolute atomic E-state index is 12.6. The Morgan fingerprint density at radius 3 is 2.46 bits per heavy atom. The van der Waals surface area contributed by atoms with E-state index in [1.54, 1.807) is 23.1 Å². The fourth-order valence-corrected chi connectivity index (χ4v) is 4.06. The molecule has 0 unspecified atom stereocenters. The molecule has 0 aliphatic carbocycles. The third-order valence-corrected chi connectivity index (χ3v) is 5.91. The Balaban J connectivity index is 1.81. The van der Waals surface area contributed by atoms with Gasteiger partial charge < -0.3 is 18.8 Å². The molecule has 3 rings (SSSR count). The quantitative estimate of drug-likeness (QED) is 0.711. The van der Waals surface area contributed by atoms with Crippen LogP contribution in [0.2, 0.25) is 0 Å². The lowest BCUT2D eigenvalue weighted by Gasteiger charge is -2.19. The average molecular weight is 409 g/mol. The van der Waals surface area contributed by atoms with Crippen molar-refractivity contribution in [2.75, 3.05) is 33.1 Å². The second-order valence-corrected chi connectivity index (χ2v) is 8.36. The molecule has 0 spiro atoms. The number of benzene rings is 1. The summed E-state index contributed by atoms with van der Waals surface area (Å²) in [5, 5.41) is 6.87. The topological polar surface area (TPSA) is 112 Å². The van der Waals surface area contributed by atoms with E-state index in [9.17, 15) is 13.2 Å². The fraction of sp³-hybridized carbons (Fsp3) is 0.500. The van der Waals surface area contributed by atoms with Crippen LogP contribution in [0.25, 0.3) is 11.5 Å². The normalized spacial score (nSPS) is 15.1. The molecule has 1 amide bonds. The molecule has 0 saturated carbocycles. The van der Waals surface area contributed by atoms with Gasteiger partial charge in [-0.3, -0.25) is 4.79 Å². The number of hydrogen-bond donors (Lipinski definition) is 0. The van der Waals surface area contributed by atoms with Crippen molar-refractivity contribution in [1.29, 1.82) is 0 Å². The van der Waals surface area contributed by atoms with Gasteiger partial charge in [0.25, 0.3) is 5.89 Å². The lowest BCUT2D eigenvalue weighted by atomic mass is 10.2. The number of likely N-dealkylation sites (tertiary alicyclic amines) is 1. The standard InChI is InChI=1S/C18H23N3O6S/c1-25-13-7-8-15(26-2)14(11-13)17-19-20-18(27-17)28(23,24)12-16(22)21-9-5-3-4-6-10-21/h7-8,11H,3-6,9-10,12H2,1-2H3. The van der Waals surface area contributed by atoms with Gasteiger partial charge in [0.2, 0.25) is 15.7 Å². The van der Waals surface area contributed by atoms with Crippen LogP contribution in [-0.4, -0.2) is 62.5 Å². The molecule has 1 fully saturated rings. The van der Waals surface area contributed by atoms with E-state index in [1.165, 1.54) is 14.2 Å². The predicted molar refractivity (Wildman–Crippen MR) is 99.9 cm³/mol. The molecular weight excluding hydrogens is 386 g/mol. The lowest BCUT2D eigenvalue weighted by Crippen LogP contribution is -2.36. The summed E-state index contributed by atoms with van der Waals surface area (Å²) in [6, 6.07) is 4.94. The minimum absolute atomic E-state index is 0.0310. The summed E-state index contributed by atoms with van der Waals surface area (Å²) in [4.78, 5) is 14.0. The van der Waals surface area contributed by atoms with E-state index in [0.29, 0.717) is 30.2 Å². The number of ether oxygens (including phenoxy) is 2. The minimum atomic E-state index is -4.05. The van der Waals surface area contributed by atoms with Crippen molar-refractivity contribution in [2.45, 2.75) is 30.9 Å². The van der Waals surface area contributed by atoms with Gasteiger partial charge in [0.1, 0.15) is 17.3 Å². The predicted octanol–water partition coefficient (Wildman–Crippen LogP) is 1.93. The summed E-state index contributed by atoms with van der Waals surface area (Å²) in [5.41, 5.74) is 0.398. The molecule has 0 radical (unpaired) electrons. The lowest BCUT2D eigenvalue weighted by molar-refractivity contribution is -0.128. The Bertz CT molecular complexity index is 933. The first kappa shape index (κ1) is 20.1. The van der Waals surface area contributed by atoms with Crippen molar-refractivity contribution < 1.29 is 27.1 Å². The molecule has 2 aromatic rings. The largest absolute Gasteiger partial charge is 0.497 e. The molecule has 2 heterocycles. The number of hydrogen-bond acceptors (Lipinski definition) is 8. The molecule has 1 saturated heterocycles. The van der Waals surface area contributed by atoms with Crippen molar-refractivity contribution in [3.8, 4) is 23.0 Å². The van der Waals surface area contributed by atoms with Gasteiger partial charge in [0, 0.05) is 13.1 Å². The van der Waals surface area contributed by atoms with Gasteiger partial charge in [0.05, 0.1) is 19.8 Å². The SMILES string of the molecule is COc1ccc(OC)c(-c2nnc(S(=O)(=O)CC(=O)N3CCCCCC3)o2)c1. The molecule has 0 bridgehead atoms. The van der Waals surface area contributed by atoms with E-state index in [-0.39, 0.29) is 5.89 Å². The molecule has 10 heteroatoms. The third-order valence-electron chi connectivity index (χ3n) is 4.58. The van der Waals surface area contributed by atoms with Crippen molar-refractivity contribution in [2.24, 2.45) is 0 Å². The smallest absolute Gasteiger partial charge is 0.336 e. The molecule has 1 aromatic heterocycles. The van der Waals surface area contributed by atoms with Gasteiger partial charge in [-0.15, -0.1) is 5.10 Å². The van der Waals surface area contributed by atoms with E-state index in [4.69, 9.17) is 13.9 Å². The zero-order valence-corrected chi connectivity index (χ0v) is 16.7. The van der Waals surface area contributed by atoms with E-state index in [2.05, 4.69) is 10.2 Å². The number of sulfone groups is 1. The number of methoxy groups -OCH3 is 2. The zero-order valence-electron chi connectivity index (χ0n) is 15.9. The van der Waals surface area contributed by atoms with Crippen LogP contribution in [0, 0.1) is 0 Å². The van der Waals surface area contributed by atoms with Crippen LogP contribution in [0.15, 0.2) is 27.8 Å². The number of aromatic nitrogens is 2. The van der Waals surface area contributed by atoms with Crippen LogP contribution in [0.5, 0.6) is 11.5 Å². The second-order valence-electron chi connectivity index (χ2n) is 6.49. The molecule has 1 aromatic carbocycles. The van der Waals surface area contributed by atoms with Crippen molar-refractivity contribution in [3.05, 3.63) is 18.2 Å². The number of carbonyl (C=O) groups excluding carboxylic acids is 1. The summed E-state index contributed by atoms with van der Waals surface area (Å²) >= 11 is 0. The molecule has 28 heavy (non-hydrogen) atoms. The monoisotopic (exact) mass is 409 g/mol. The highest BCUT2D eigenvalue weighted by Gasteiger charge is 2.29. The van der Waals surface area contributed by atoms with Crippen LogP contribution in [0.4, 0.5) is 0 Å². The Morgan fingerprint density at radius 1 is 1.11 bits per heavy atom. The summed E-state index contributed by atoms with van der Waals surface area (Å²) in [6.45, 7) is 1.15. The molecular formula is C18H23N3O6S. The van der Waals surface area contributed by atoms with Crippen LogP contribution in [0.1, 0.15) is 25.7 Å². The molecule has 0 N–H and O–H groups in total. The van der Waals surface area contributed by atoms with Crippen molar-refractivity contribution in [1.82, 2.24) is 15.1 Å². The Labute approximate surface area is 163 Å². The number of carbonyl (C=O) groups is 1. The van der Waals surface area contributed by atoms with E-state index >= 15 is 0 Å². The van der Waals surface area contributed by atoms with Gasteiger partial charge in [-0.05, 0) is 31.0 Å². The van der Waals surface area contributed by atoms with E-state index in [1.807, 2.05) is 0 Å².